The molecule has 1 aromatic rings. The number of hydrogen-bond acceptors (Lipinski definition) is 7. The molecule has 1 aliphatic heterocycles. The van der Waals surface area contributed by atoms with Crippen molar-refractivity contribution in [2.45, 2.75) is 23.8 Å². The van der Waals surface area contributed by atoms with Gasteiger partial charge in [0.1, 0.15) is 5.00 Å². The van der Waals surface area contributed by atoms with Crippen molar-refractivity contribution < 1.29 is 13.5 Å². The smallest absolute Gasteiger partial charge is 0.249 e. The van der Waals surface area contributed by atoms with E-state index < -0.39 is 15.6 Å². The third-order valence-electron chi connectivity index (χ3n) is 3.14. The van der Waals surface area contributed by atoms with Crippen molar-refractivity contribution in [3.05, 3.63) is 0 Å². The van der Waals surface area contributed by atoms with E-state index in [4.69, 9.17) is 5.73 Å². The summed E-state index contributed by atoms with van der Waals surface area (Å²) in [5.74, 6) is 0.0141. The summed E-state index contributed by atoms with van der Waals surface area (Å²) in [4.78, 5) is 1.87. The molecule has 0 radical (unpaired) electrons. The molecule has 0 amide bonds. The van der Waals surface area contributed by atoms with Crippen molar-refractivity contribution in [2.75, 3.05) is 37.8 Å². The van der Waals surface area contributed by atoms with Crippen molar-refractivity contribution in [3.63, 3.8) is 0 Å². The van der Waals surface area contributed by atoms with Crippen LogP contribution < -0.4 is 10.6 Å². The fourth-order valence-corrected chi connectivity index (χ4v) is 4.27. The van der Waals surface area contributed by atoms with Crippen molar-refractivity contribution >= 4 is 32.4 Å². The Morgan fingerprint density at radius 1 is 1.53 bits per heavy atom. The molecule has 1 unspecified atom stereocenters. The lowest BCUT2D eigenvalue weighted by Crippen LogP contribution is -2.31. The number of rotatable bonds is 3. The van der Waals surface area contributed by atoms with Gasteiger partial charge in [-0.1, -0.05) is 0 Å². The fraction of sp³-hybridized carbons (Fsp3) is 0.700. The SMILES string of the molecule is CN(C)S(=O)(=O)c1c(N)nsc1N1CCC(C)(O)C1. The fourth-order valence-electron chi connectivity index (χ4n) is 2.03. The largest absolute Gasteiger partial charge is 0.388 e. The summed E-state index contributed by atoms with van der Waals surface area (Å²) < 4.78 is 29.6. The lowest BCUT2D eigenvalue weighted by molar-refractivity contribution is 0.0839. The average molecular weight is 306 g/mol. The van der Waals surface area contributed by atoms with E-state index in [1.54, 1.807) is 6.92 Å². The Bertz CT molecular complexity index is 580. The number of aliphatic hydroxyl groups is 1. The monoisotopic (exact) mass is 306 g/mol. The molecule has 1 aliphatic rings. The van der Waals surface area contributed by atoms with Gasteiger partial charge in [0.25, 0.3) is 0 Å². The number of nitrogen functional groups attached to an aromatic ring is 1. The molecule has 0 saturated carbocycles. The molecule has 3 N–H and O–H groups in total. The van der Waals surface area contributed by atoms with Gasteiger partial charge in [-0.25, -0.2) is 12.7 Å². The highest BCUT2D eigenvalue weighted by Crippen LogP contribution is 2.38. The normalized spacial score (nSPS) is 24.4. The van der Waals surface area contributed by atoms with Gasteiger partial charge in [0.2, 0.25) is 10.0 Å². The van der Waals surface area contributed by atoms with Gasteiger partial charge in [0.05, 0.1) is 5.60 Å². The second kappa shape index (κ2) is 4.58. The van der Waals surface area contributed by atoms with Crippen LogP contribution in [0.5, 0.6) is 0 Å². The Hall–Kier alpha value is -0.900. The van der Waals surface area contributed by atoms with Crippen LogP contribution in [-0.2, 0) is 10.0 Å². The molecule has 19 heavy (non-hydrogen) atoms. The number of aromatic nitrogens is 1. The van der Waals surface area contributed by atoms with Crippen LogP contribution in [0.3, 0.4) is 0 Å². The lowest BCUT2D eigenvalue weighted by Gasteiger charge is -2.21. The second-order valence-electron chi connectivity index (χ2n) is 5.16. The summed E-state index contributed by atoms with van der Waals surface area (Å²) in [6.07, 6.45) is 0.590. The molecule has 2 heterocycles. The maximum absolute atomic E-state index is 12.3. The maximum Gasteiger partial charge on any atom is 0.249 e. The van der Waals surface area contributed by atoms with E-state index in [2.05, 4.69) is 4.37 Å². The highest BCUT2D eigenvalue weighted by Gasteiger charge is 2.37. The Labute approximate surface area is 116 Å². The van der Waals surface area contributed by atoms with Gasteiger partial charge in [-0.15, -0.1) is 0 Å². The highest BCUT2D eigenvalue weighted by molar-refractivity contribution is 7.89. The Balaban J connectivity index is 2.45. The first-order valence-electron chi connectivity index (χ1n) is 5.80. The number of sulfonamides is 1. The zero-order valence-electron chi connectivity index (χ0n) is 11.1. The highest BCUT2D eigenvalue weighted by atomic mass is 32.2. The van der Waals surface area contributed by atoms with Gasteiger partial charge in [-0.05, 0) is 24.9 Å². The molecule has 1 saturated heterocycles. The van der Waals surface area contributed by atoms with Crippen LogP contribution in [0.2, 0.25) is 0 Å². The molecular weight excluding hydrogens is 288 g/mol. The number of nitrogens with zero attached hydrogens (tertiary/aromatic N) is 3. The van der Waals surface area contributed by atoms with Crippen molar-refractivity contribution in [1.29, 1.82) is 0 Å². The molecule has 1 aromatic heterocycles. The number of nitrogens with two attached hydrogens (primary N) is 1. The number of hydrogen-bond donors (Lipinski definition) is 2. The minimum Gasteiger partial charge on any atom is -0.388 e. The van der Waals surface area contributed by atoms with Crippen LogP contribution in [0.25, 0.3) is 0 Å². The summed E-state index contributed by atoms with van der Waals surface area (Å²) in [6.45, 7) is 2.70. The zero-order chi connectivity index (χ0) is 14.4. The van der Waals surface area contributed by atoms with Gasteiger partial charge in [0, 0.05) is 27.2 Å². The van der Waals surface area contributed by atoms with E-state index in [0.29, 0.717) is 24.5 Å². The van der Waals surface area contributed by atoms with E-state index >= 15 is 0 Å². The van der Waals surface area contributed by atoms with E-state index in [1.165, 1.54) is 14.1 Å². The van der Waals surface area contributed by atoms with Crippen molar-refractivity contribution in [2.24, 2.45) is 0 Å². The quantitative estimate of drug-likeness (QED) is 0.811. The van der Waals surface area contributed by atoms with E-state index in [1.807, 2.05) is 4.90 Å². The third-order valence-corrected chi connectivity index (χ3v) is 6.07. The summed E-state index contributed by atoms with van der Waals surface area (Å²) in [7, 11) is -0.727. The first-order valence-corrected chi connectivity index (χ1v) is 8.01. The Kier molecular flexibility index (Phi) is 3.50. The van der Waals surface area contributed by atoms with Gasteiger partial charge in [-0.2, -0.15) is 4.37 Å². The van der Waals surface area contributed by atoms with Gasteiger partial charge in [-0.3, -0.25) is 0 Å². The van der Waals surface area contributed by atoms with Gasteiger partial charge >= 0.3 is 0 Å². The second-order valence-corrected chi connectivity index (χ2v) is 8.00. The third kappa shape index (κ3) is 2.55. The van der Waals surface area contributed by atoms with Crippen LogP contribution >= 0.6 is 11.5 Å². The van der Waals surface area contributed by atoms with Gasteiger partial charge < -0.3 is 15.7 Å². The molecule has 9 heteroatoms. The first kappa shape index (κ1) is 14.5. The zero-order valence-corrected chi connectivity index (χ0v) is 12.8. The average Bonchev–Trinajstić information content (AvgIpc) is 2.81. The molecule has 0 bridgehead atoms. The van der Waals surface area contributed by atoms with Gasteiger partial charge in [0.15, 0.2) is 10.7 Å². The maximum atomic E-state index is 12.3. The minimum absolute atomic E-state index is 0.0141. The predicted octanol–water partition coefficient (Wildman–Crippen LogP) is -0.0633. The van der Waals surface area contributed by atoms with Crippen LogP contribution in [0, 0.1) is 0 Å². The molecule has 1 atom stereocenters. The first-order chi connectivity index (χ1) is 8.65. The molecule has 7 nitrogen and oxygen atoms in total. The standard InChI is InChI=1S/C10H18N4O3S2/c1-10(15)4-5-14(6-10)9-7(8(11)12-18-9)19(16,17)13(2)3/h15H,4-6H2,1-3H3,(H2,11,12). The van der Waals surface area contributed by atoms with Crippen molar-refractivity contribution in [1.82, 2.24) is 8.68 Å². The Morgan fingerprint density at radius 2 is 2.16 bits per heavy atom. The molecular formula is C10H18N4O3S2. The summed E-state index contributed by atoms with van der Waals surface area (Å²) in [5.41, 5.74) is 4.90. The molecule has 0 spiro atoms. The van der Waals surface area contributed by atoms with Crippen LogP contribution in [0.4, 0.5) is 10.8 Å². The summed E-state index contributed by atoms with van der Waals surface area (Å²) in [5, 5.41) is 10.5. The van der Waals surface area contributed by atoms with E-state index in [9.17, 15) is 13.5 Å². The van der Waals surface area contributed by atoms with E-state index in [-0.39, 0.29) is 10.7 Å². The van der Waals surface area contributed by atoms with E-state index in [0.717, 1.165) is 15.8 Å². The number of β-amino-alcohol motifs (C(OH)–C–C–N with tert-alkyl or cyclic N) is 1. The topological polar surface area (TPSA) is 99.8 Å². The van der Waals surface area contributed by atoms with Crippen LogP contribution in [0.15, 0.2) is 4.90 Å². The molecule has 0 aliphatic carbocycles. The Morgan fingerprint density at radius 3 is 2.63 bits per heavy atom. The summed E-state index contributed by atoms with van der Waals surface area (Å²) >= 11 is 1.05. The summed E-state index contributed by atoms with van der Waals surface area (Å²) in [6, 6.07) is 0. The minimum atomic E-state index is -3.64. The molecule has 108 valence electrons. The lowest BCUT2D eigenvalue weighted by atomic mass is 10.1. The molecule has 2 rings (SSSR count). The van der Waals surface area contributed by atoms with Crippen LogP contribution in [-0.4, -0.2) is 55.0 Å². The number of anilines is 2. The predicted molar refractivity (Wildman–Crippen MR) is 74.9 cm³/mol. The molecule has 0 aromatic carbocycles. The van der Waals surface area contributed by atoms with Crippen molar-refractivity contribution in [3.8, 4) is 0 Å². The molecule has 1 fully saturated rings. The van der Waals surface area contributed by atoms with Crippen LogP contribution in [0.1, 0.15) is 13.3 Å².